The van der Waals surface area contributed by atoms with Crippen molar-refractivity contribution >= 4 is 6.29 Å². The van der Waals surface area contributed by atoms with Crippen LogP contribution >= 0.6 is 0 Å². The molecule has 2 nitrogen and oxygen atoms in total. The lowest BCUT2D eigenvalue weighted by Gasteiger charge is -2.04. The van der Waals surface area contributed by atoms with Gasteiger partial charge in [-0.3, -0.25) is 4.79 Å². The number of likely N-dealkylation sites (N-methyl/N-ethyl adjacent to an activating group) is 1. The van der Waals surface area contributed by atoms with Crippen molar-refractivity contribution in [1.82, 2.24) is 5.32 Å². The fourth-order valence-electron chi connectivity index (χ4n) is 1.31. The van der Waals surface area contributed by atoms with Gasteiger partial charge in [0.05, 0.1) is 0 Å². The SMILES string of the molecule is CNCCc1ccc(C)cc1C=O. The summed E-state index contributed by atoms with van der Waals surface area (Å²) < 4.78 is 0. The molecule has 0 aliphatic heterocycles. The van der Waals surface area contributed by atoms with Crippen molar-refractivity contribution in [1.29, 1.82) is 0 Å². The molecule has 2 heteroatoms. The fourth-order valence-corrected chi connectivity index (χ4v) is 1.31. The Balaban J connectivity index is 2.86. The minimum atomic E-state index is 0.815. The smallest absolute Gasteiger partial charge is 0.150 e. The van der Waals surface area contributed by atoms with E-state index in [2.05, 4.69) is 5.32 Å². The van der Waals surface area contributed by atoms with Crippen LogP contribution in [0.2, 0.25) is 0 Å². The summed E-state index contributed by atoms with van der Waals surface area (Å²) in [5.74, 6) is 0. The zero-order valence-electron chi connectivity index (χ0n) is 8.13. The quantitative estimate of drug-likeness (QED) is 0.707. The molecule has 1 rings (SSSR count). The number of carbonyl (C=O) groups is 1. The van der Waals surface area contributed by atoms with Gasteiger partial charge in [-0.1, -0.05) is 17.7 Å². The molecule has 0 radical (unpaired) electrons. The van der Waals surface area contributed by atoms with Crippen LogP contribution in [0.4, 0.5) is 0 Å². The highest BCUT2D eigenvalue weighted by Gasteiger charge is 2.00. The number of rotatable bonds is 4. The molecule has 0 saturated carbocycles. The maximum absolute atomic E-state index is 10.7. The number of nitrogens with one attached hydrogen (secondary N) is 1. The van der Waals surface area contributed by atoms with E-state index in [9.17, 15) is 4.79 Å². The van der Waals surface area contributed by atoms with E-state index in [0.29, 0.717) is 0 Å². The first-order chi connectivity index (χ1) is 6.27. The lowest BCUT2D eigenvalue weighted by atomic mass is 10.0. The van der Waals surface area contributed by atoms with Crippen molar-refractivity contribution in [2.75, 3.05) is 13.6 Å². The van der Waals surface area contributed by atoms with Gasteiger partial charge in [-0.05, 0) is 38.6 Å². The Morgan fingerprint density at radius 3 is 2.85 bits per heavy atom. The van der Waals surface area contributed by atoms with Gasteiger partial charge in [0.25, 0.3) is 0 Å². The Hall–Kier alpha value is -1.15. The summed E-state index contributed by atoms with van der Waals surface area (Å²) in [4.78, 5) is 10.7. The Kier molecular flexibility index (Phi) is 3.65. The van der Waals surface area contributed by atoms with Crippen LogP contribution in [0.5, 0.6) is 0 Å². The van der Waals surface area contributed by atoms with Gasteiger partial charge in [-0.15, -0.1) is 0 Å². The summed E-state index contributed by atoms with van der Waals surface area (Å²) in [6.45, 7) is 2.90. The molecule has 0 unspecified atom stereocenters. The maximum Gasteiger partial charge on any atom is 0.150 e. The highest BCUT2D eigenvalue weighted by atomic mass is 16.1. The molecule has 0 aliphatic rings. The third kappa shape index (κ3) is 2.67. The molecule has 0 spiro atoms. The molecule has 0 aliphatic carbocycles. The number of hydrogen-bond donors (Lipinski definition) is 1. The summed E-state index contributed by atoms with van der Waals surface area (Å²) in [5.41, 5.74) is 3.07. The summed E-state index contributed by atoms with van der Waals surface area (Å²) in [6.07, 6.45) is 1.84. The molecule has 0 aromatic heterocycles. The van der Waals surface area contributed by atoms with E-state index in [1.54, 1.807) is 0 Å². The highest BCUT2D eigenvalue weighted by molar-refractivity contribution is 5.77. The fraction of sp³-hybridized carbons (Fsp3) is 0.364. The van der Waals surface area contributed by atoms with E-state index in [1.165, 1.54) is 0 Å². The van der Waals surface area contributed by atoms with Gasteiger partial charge < -0.3 is 5.32 Å². The van der Waals surface area contributed by atoms with Crippen LogP contribution in [0.3, 0.4) is 0 Å². The number of hydrogen-bond acceptors (Lipinski definition) is 2. The van der Waals surface area contributed by atoms with E-state index in [4.69, 9.17) is 0 Å². The van der Waals surface area contributed by atoms with E-state index >= 15 is 0 Å². The van der Waals surface area contributed by atoms with Crippen molar-refractivity contribution in [2.24, 2.45) is 0 Å². The van der Waals surface area contributed by atoms with Crippen LogP contribution in [0.25, 0.3) is 0 Å². The van der Waals surface area contributed by atoms with Gasteiger partial charge in [0.2, 0.25) is 0 Å². The van der Waals surface area contributed by atoms with Crippen molar-refractivity contribution in [2.45, 2.75) is 13.3 Å². The Labute approximate surface area is 79.0 Å². The van der Waals surface area contributed by atoms with Crippen molar-refractivity contribution in [3.63, 3.8) is 0 Å². The van der Waals surface area contributed by atoms with Crippen molar-refractivity contribution in [3.8, 4) is 0 Å². The maximum atomic E-state index is 10.7. The molecular weight excluding hydrogens is 162 g/mol. The Morgan fingerprint density at radius 2 is 2.23 bits per heavy atom. The largest absolute Gasteiger partial charge is 0.319 e. The molecule has 0 fully saturated rings. The molecule has 0 saturated heterocycles. The van der Waals surface area contributed by atoms with Crippen LogP contribution in [-0.4, -0.2) is 19.9 Å². The number of aryl methyl sites for hydroxylation is 1. The summed E-state index contributed by atoms with van der Waals surface area (Å²) >= 11 is 0. The normalized spacial score (nSPS) is 10.0. The average Bonchev–Trinajstić information content (AvgIpc) is 2.16. The Bertz CT molecular complexity index is 294. The summed E-state index contributed by atoms with van der Waals surface area (Å²) in [7, 11) is 1.91. The van der Waals surface area contributed by atoms with Crippen molar-refractivity contribution < 1.29 is 4.79 Å². The predicted molar refractivity (Wildman–Crippen MR) is 54.2 cm³/mol. The van der Waals surface area contributed by atoms with Crippen LogP contribution in [0.1, 0.15) is 21.5 Å². The minimum absolute atomic E-state index is 0.815. The third-order valence-electron chi connectivity index (χ3n) is 2.07. The second-order valence-corrected chi connectivity index (χ2v) is 3.17. The molecule has 0 amide bonds. The van der Waals surface area contributed by atoms with E-state index in [0.717, 1.165) is 35.9 Å². The average molecular weight is 177 g/mol. The first-order valence-electron chi connectivity index (χ1n) is 4.47. The second kappa shape index (κ2) is 4.77. The summed E-state index contributed by atoms with van der Waals surface area (Å²) in [6, 6.07) is 5.99. The zero-order valence-corrected chi connectivity index (χ0v) is 8.13. The molecular formula is C11H15NO. The van der Waals surface area contributed by atoms with Crippen LogP contribution < -0.4 is 5.32 Å². The van der Waals surface area contributed by atoms with E-state index in [-0.39, 0.29) is 0 Å². The third-order valence-corrected chi connectivity index (χ3v) is 2.07. The van der Waals surface area contributed by atoms with Crippen molar-refractivity contribution in [3.05, 3.63) is 34.9 Å². The lowest BCUT2D eigenvalue weighted by molar-refractivity contribution is 0.112. The van der Waals surface area contributed by atoms with Crippen LogP contribution in [-0.2, 0) is 6.42 Å². The minimum Gasteiger partial charge on any atom is -0.319 e. The second-order valence-electron chi connectivity index (χ2n) is 3.17. The monoisotopic (exact) mass is 177 g/mol. The standard InChI is InChI=1S/C11H15NO/c1-9-3-4-10(5-6-12-2)11(7-9)8-13/h3-4,7-8,12H,5-6H2,1-2H3. The molecule has 70 valence electrons. The molecule has 13 heavy (non-hydrogen) atoms. The van der Waals surface area contributed by atoms with E-state index < -0.39 is 0 Å². The Morgan fingerprint density at radius 1 is 1.46 bits per heavy atom. The van der Waals surface area contributed by atoms with Gasteiger partial charge in [0.15, 0.2) is 0 Å². The number of benzene rings is 1. The van der Waals surface area contributed by atoms with Gasteiger partial charge in [-0.25, -0.2) is 0 Å². The molecule has 0 bridgehead atoms. The number of carbonyl (C=O) groups excluding carboxylic acids is 1. The van der Waals surface area contributed by atoms with Gasteiger partial charge in [0, 0.05) is 5.56 Å². The van der Waals surface area contributed by atoms with Gasteiger partial charge in [0.1, 0.15) is 6.29 Å². The molecule has 1 aromatic carbocycles. The lowest BCUT2D eigenvalue weighted by Crippen LogP contribution is -2.11. The topological polar surface area (TPSA) is 29.1 Å². The first-order valence-corrected chi connectivity index (χ1v) is 4.47. The van der Waals surface area contributed by atoms with Gasteiger partial charge in [-0.2, -0.15) is 0 Å². The zero-order chi connectivity index (χ0) is 9.68. The molecule has 0 heterocycles. The molecule has 1 aromatic rings. The van der Waals surface area contributed by atoms with Gasteiger partial charge >= 0.3 is 0 Å². The van der Waals surface area contributed by atoms with Crippen LogP contribution in [0.15, 0.2) is 18.2 Å². The van der Waals surface area contributed by atoms with E-state index in [1.807, 2.05) is 32.2 Å². The van der Waals surface area contributed by atoms with Crippen LogP contribution in [0, 0.1) is 6.92 Å². The first kappa shape index (κ1) is 9.93. The molecule has 0 atom stereocenters. The number of aldehydes is 1. The highest BCUT2D eigenvalue weighted by Crippen LogP contribution is 2.09. The predicted octanol–water partition coefficient (Wildman–Crippen LogP) is 1.57. The summed E-state index contributed by atoms with van der Waals surface area (Å²) in [5, 5.41) is 3.07. The molecule has 1 N–H and O–H groups in total.